The molecule has 0 aliphatic carbocycles. The fraction of sp³-hybridized carbons (Fsp3) is 0.412. The molecular weight excluding hydrogens is 266 g/mol. The van der Waals surface area contributed by atoms with Crippen LogP contribution in [-0.4, -0.2) is 13.7 Å². The quantitative estimate of drug-likeness (QED) is 0.917. The largest absolute Gasteiger partial charge is 0.373 e. The van der Waals surface area contributed by atoms with E-state index in [2.05, 4.69) is 48.0 Å². The number of hydrogen-bond donors (Lipinski definition) is 1. The van der Waals surface area contributed by atoms with E-state index in [1.807, 2.05) is 18.4 Å². The van der Waals surface area contributed by atoms with Gasteiger partial charge < -0.3 is 10.1 Å². The van der Waals surface area contributed by atoms with Gasteiger partial charge in [-0.25, -0.2) is 0 Å². The van der Waals surface area contributed by atoms with Gasteiger partial charge in [0, 0.05) is 10.9 Å². The molecule has 0 radical (unpaired) electrons. The maximum atomic E-state index is 6.04. The van der Waals surface area contributed by atoms with Crippen LogP contribution in [0.1, 0.15) is 40.1 Å². The second-order valence-electron chi connectivity index (χ2n) is 5.35. The Morgan fingerprint density at radius 3 is 2.95 bits per heavy atom. The summed E-state index contributed by atoms with van der Waals surface area (Å²) in [5.41, 5.74) is 4.19. The van der Waals surface area contributed by atoms with E-state index < -0.39 is 0 Å². The minimum atomic E-state index is 0.207. The van der Waals surface area contributed by atoms with Gasteiger partial charge in [0.05, 0.1) is 12.7 Å². The van der Waals surface area contributed by atoms with Crippen molar-refractivity contribution in [3.63, 3.8) is 0 Å². The first-order valence-electron chi connectivity index (χ1n) is 7.20. The van der Waals surface area contributed by atoms with Crippen LogP contribution in [0.15, 0.2) is 35.7 Å². The predicted octanol–water partition coefficient (Wildman–Crippen LogP) is 4.02. The molecule has 2 heterocycles. The van der Waals surface area contributed by atoms with Crippen molar-refractivity contribution in [2.45, 2.75) is 31.9 Å². The summed E-state index contributed by atoms with van der Waals surface area (Å²) in [7, 11) is 2.04. The van der Waals surface area contributed by atoms with E-state index in [-0.39, 0.29) is 6.10 Å². The van der Waals surface area contributed by atoms with Crippen molar-refractivity contribution in [3.05, 3.63) is 57.3 Å². The SMILES string of the molecule is CNC(CC1OCCc2ccccc21)c1sccc1C. The van der Waals surface area contributed by atoms with E-state index in [9.17, 15) is 0 Å². The molecule has 1 N–H and O–H groups in total. The van der Waals surface area contributed by atoms with Gasteiger partial charge in [-0.1, -0.05) is 24.3 Å². The molecule has 3 rings (SSSR count). The minimum absolute atomic E-state index is 0.207. The van der Waals surface area contributed by atoms with Crippen molar-refractivity contribution in [2.24, 2.45) is 0 Å². The Labute approximate surface area is 124 Å². The Morgan fingerprint density at radius 1 is 1.35 bits per heavy atom. The van der Waals surface area contributed by atoms with Gasteiger partial charge >= 0.3 is 0 Å². The third kappa shape index (κ3) is 2.66. The lowest BCUT2D eigenvalue weighted by atomic mass is 9.93. The molecule has 1 aromatic carbocycles. The first-order valence-corrected chi connectivity index (χ1v) is 8.08. The molecule has 20 heavy (non-hydrogen) atoms. The summed E-state index contributed by atoms with van der Waals surface area (Å²) in [6.45, 7) is 3.02. The molecule has 3 heteroatoms. The average molecular weight is 287 g/mol. The highest BCUT2D eigenvalue weighted by Crippen LogP contribution is 2.36. The van der Waals surface area contributed by atoms with Gasteiger partial charge in [0.25, 0.3) is 0 Å². The summed E-state index contributed by atoms with van der Waals surface area (Å²) < 4.78 is 6.04. The van der Waals surface area contributed by atoms with Crippen LogP contribution in [0.3, 0.4) is 0 Å². The number of ether oxygens (including phenoxy) is 1. The molecule has 106 valence electrons. The van der Waals surface area contributed by atoms with Gasteiger partial charge in [-0.15, -0.1) is 11.3 Å². The summed E-state index contributed by atoms with van der Waals surface area (Å²) in [6, 6.07) is 11.3. The molecule has 0 saturated carbocycles. The Hall–Kier alpha value is -1.16. The van der Waals surface area contributed by atoms with Crippen molar-refractivity contribution < 1.29 is 4.74 Å². The standard InChI is InChI=1S/C17H21NOS/c1-12-8-10-20-17(12)15(18-2)11-16-14-6-4-3-5-13(14)7-9-19-16/h3-6,8,10,15-16,18H,7,9,11H2,1-2H3. The van der Waals surface area contributed by atoms with E-state index in [4.69, 9.17) is 4.74 Å². The van der Waals surface area contributed by atoms with Gasteiger partial charge in [0.1, 0.15) is 0 Å². The second-order valence-corrected chi connectivity index (χ2v) is 6.30. The van der Waals surface area contributed by atoms with Crippen molar-refractivity contribution in [3.8, 4) is 0 Å². The van der Waals surface area contributed by atoms with Crippen LogP contribution in [0.5, 0.6) is 0 Å². The molecule has 1 aliphatic rings. The maximum Gasteiger partial charge on any atom is 0.0846 e. The van der Waals surface area contributed by atoms with Crippen LogP contribution in [0, 0.1) is 6.92 Å². The van der Waals surface area contributed by atoms with Crippen LogP contribution in [0.4, 0.5) is 0 Å². The van der Waals surface area contributed by atoms with Gasteiger partial charge in [-0.3, -0.25) is 0 Å². The van der Waals surface area contributed by atoms with Crippen molar-refractivity contribution in [2.75, 3.05) is 13.7 Å². The van der Waals surface area contributed by atoms with Gasteiger partial charge in [0.2, 0.25) is 0 Å². The van der Waals surface area contributed by atoms with Crippen LogP contribution in [-0.2, 0) is 11.2 Å². The monoisotopic (exact) mass is 287 g/mol. The molecule has 2 aromatic rings. The summed E-state index contributed by atoms with van der Waals surface area (Å²) >= 11 is 1.83. The summed E-state index contributed by atoms with van der Waals surface area (Å²) in [5, 5.41) is 5.63. The van der Waals surface area contributed by atoms with E-state index in [0.717, 1.165) is 19.4 Å². The summed E-state index contributed by atoms with van der Waals surface area (Å²) in [4.78, 5) is 1.43. The Bertz CT molecular complexity index is 578. The molecule has 0 bridgehead atoms. The van der Waals surface area contributed by atoms with Crippen molar-refractivity contribution in [1.82, 2.24) is 5.32 Å². The number of hydrogen-bond acceptors (Lipinski definition) is 3. The molecule has 0 amide bonds. The lowest BCUT2D eigenvalue weighted by Crippen LogP contribution is -2.23. The number of benzene rings is 1. The van der Waals surface area contributed by atoms with Gasteiger partial charge in [-0.2, -0.15) is 0 Å². The number of nitrogens with one attached hydrogen (secondary N) is 1. The molecule has 0 saturated heterocycles. The third-order valence-electron chi connectivity index (χ3n) is 4.11. The third-order valence-corrected chi connectivity index (χ3v) is 5.24. The minimum Gasteiger partial charge on any atom is -0.373 e. The lowest BCUT2D eigenvalue weighted by molar-refractivity contribution is 0.0300. The number of rotatable bonds is 4. The zero-order valence-corrected chi connectivity index (χ0v) is 12.9. The van der Waals surface area contributed by atoms with Gasteiger partial charge in [-0.05, 0) is 54.9 Å². The van der Waals surface area contributed by atoms with Crippen LogP contribution in [0.25, 0.3) is 0 Å². The highest BCUT2D eigenvalue weighted by Gasteiger charge is 2.25. The molecule has 0 spiro atoms. The van der Waals surface area contributed by atoms with Gasteiger partial charge in [0.15, 0.2) is 0 Å². The fourth-order valence-electron chi connectivity index (χ4n) is 2.98. The van der Waals surface area contributed by atoms with Crippen LogP contribution >= 0.6 is 11.3 Å². The average Bonchev–Trinajstić information content (AvgIpc) is 2.91. The number of fused-ring (bicyclic) bond motifs is 1. The Morgan fingerprint density at radius 2 is 2.20 bits per heavy atom. The Kier molecular flexibility index (Phi) is 4.20. The fourth-order valence-corrected chi connectivity index (χ4v) is 4.03. The summed E-state index contributed by atoms with van der Waals surface area (Å²) in [6.07, 6.45) is 2.24. The highest BCUT2D eigenvalue weighted by molar-refractivity contribution is 7.10. The van der Waals surface area contributed by atoms with Crippen molar-refractivity contribution >= 4 is 11.3 Å². The Balaban J connectivity index is 1.82. The molecule has 2 unspecified atom stereocenters. The zero-order chi connectivity index (χ0) is 13.9. The topological polar surface area (TPSA) is 21.3 Å². The van der Waals surface area contributed by atoms with Crippen LogP contribution < -0.4 is 5.32 Å². The zero-order valence-electron chi connectivity index (χ0n) is 12.1. The predicted molar refractivity (Wildman–Crippen MR) is 84.3 cm³/mol. The van der Waals surface area contributed by atoms with E-state index in [1.54, 1.807) is 0 Å². The first-order chi connectivity index (χ1) is 9.79. The smallest absolute Gasteiger partial charge is 0.0846 e. The second kappa shape index (κ2) is 6.08. The van der Waals surface area contributed by atoms with Crippen molar-refractivity contribution in [1.29, 1.82) is 0 Å². The van der Waals surface area contributed by atoms with E-state index in [0.29, 0.717) is 6.04 Å². The molecule has 1 aliphatic heterocycles. The summed E-state index contributed by atoms with van der Waals surface area (Å²) in [5.74, 6) is 0. The number of aryl methyl sites for hydroxylation is 1. The normalized spacial score (nSPS) is 19.6. The molecular formula is C17H21NOS. The maximum absolute atomic E-state index is 6.04. The van der Waals surface area contributed by atoms with E-state index >= 15 is 0 Å². The molecule has 0 fully saturated rings. The molecule has 1 aromatic heterocycles. The number of thiophene rings is 1. The lowest BCUT2D eigenvalue weighted by Gasteiger charge is -2.29. The molecule has 2 atom stereocenters. The highest BCUT2D eigenvalue weighted by atomic mass is 32.1. The first kappa shape index (κ1) is 13.8. The van der Waals surface area contributed by atoms with Crippen LogP contribution in [0.2, 0.25) is 0 Å². The molecule has 2 nitrogen and oxygen atoms in total. The van der Waals surface area contributed by atoms with E-state index in [1.165, 1.54) is 21.6 Å².